The third-order valence-electron chi connectivity index (χ3n) is 15.6. The maximum atomic E-state index is 11.7. The number of carboxylic acid groups (broad SMARTS) is 2. The van der Waals surface area contributed by atoms with E-state index in [1.807, 2.05) is 0 Å². The van der Waals surface area contributed by atoms with Gasteiger partial charge in [0.05, 0.1) is 58.5 Å². The fourth-order valence-electron chi connectivity index (χ4n) is 10.6. The van der Waals surface area contributed by atoms with Crippen molar-refractivity contribution in [1.82, 2.24) is 0 Å². The summed E-state index contributed by atoms with van der Waals surface area (Å²) in [5.41, 5.74) is 11.4. The maximum Gasteiger partial charge on any atom is 0.321 e. The molecule has 17 fully saturated rings. The van der Waals surface area contributed by atoms with Gasteiger partial charge in [0.1, 0.15) is 159 Å². The quantitative estimate of drug-likeness (QED) is 0.0643. The highest BCUT2D eigenvalue weighted by Gasteiger charge is 2.58. The van der Waals surface area contributed by atoms with Gasteiger partial charge in [0.2, 0.25) is 0 Å². The van der Waals surface area contributed by atoms with Crippen LogP contribution in [0, 0.1) is 0 Å². The number of aliphatic hydroxyl groups excluding tert-OH is 19. The summed E-state index contributed by atoms with van der Waals surface area (Å²) in [6.07, 6.45) is -67.3. The highest BCUT2D eigenvalue weighted by Crippen LogP contribution is 2.38. The van der Waals surface area contributed by atoms with E-state index in [1.165, 1.54) is 0 Å². The topological polar surface area (TPSA) is 640 Å². The predicted molar refractivity (Wildman–Crippen MR) is 282 cm³/mol. The van der Waals surface area contributed by atoms with Crippen LogP contribution in [0.2, 0.25) is 0 Å². The Hall–Kier alpha value is -1.76. The minimum atomic E-state index is -2.29. The van der Waals surface area contributed by atoms with Crippen molar-refractivity contribution >= 4 is 35.5 Å². The van der Waals surface area contributed by atoms with E-state index in [0.717, 1.165) is 23.5 Å². The van der Waals surface area contributed by atoms with E-state index >= 15 is 0 Å². The summed E-state index contributed by atoms with van der Waals surface area (Å²) in [7, 11) is 0. The number of aliphatic hydroxyl groups is 19. The molecule has 41 heteroatoms. The van der Waals surface area contributed by atoms with Gasteiger partial charge in [0.25, 0.3) is 0 Å². The number of carbonyl (C=O) groups is 2. The molecule has 39 nitrogen and oxygen atoms in total. The number of hydrogen-bond donors (Lipinski definition) is 23. The molecule has 518 valence electrons. The van der Waals surface area contributed by atoms with Crippen LogP contribution in [0.1, 0.15) is 0 Å². The minimum absolute atomic E-state index is 0.300. The SMILES string of the molecule is N[C@H](CSCC1O[C@H]2O[C@@H]3C(CO)O[C@H](O[C@@H]4C(CO)O[C@H](O[C@@H]5C(CO)O[C@H](O[C@@H]6C(CSC[C@@H](N)C(=O)O)O[C@H](OCC(O)[C@H](O)[C@@H](OCCO)O[C@@H]7C(CO)O[C@@H](O[C@H]1C(O)[C@@H]2O)[C@@H](O)C7O)C(O)[C@H]6O)C(O)[C@H]5O)[C@@H](O)C4O)[C@@H](O)C3O)C(=O)O. The molecule has 17 heterocycles. The molecule has 0 radical (unpaired) electrons. The standard InChI is InChI=1S/C48H82N2O37S2/c49-12(40(70)71)8-88-10-19-38-22(58)28(64)43(80-19)75-7-14(56)21(57)42(74-2-1-51)82-34-15(3-52)76-46(29(65)23(34)59)87-39-20(11-89-9-13(50)41(72)73)81-48(33(69)27(39)63)85-37-18(6-55)78-45(31(67)25(37)61)83-35-16(4-53)77-44(30(66)24(35)60)84-36-17(5-54)79-47(86-38)32(68)26(36)62/h12-39,42-48,51-69H,1-11,49-50H2,(H,70,71)(H,72,73)/t12-,13-,14?,15?,16?,17?,18?,19?,20?,21+,22-,23?,24?,25?,26-,27?,28?,29+,30+,31+,32?,33+,34-,35-,36-,37-,38-,39-,42+,43+,44-,45-,46+,47-,48+/m1/s1. The van der Waals surface area contributed by atoms with Crippen LogP contribution in [0.25, 0.3) is 0 Å². The monoisotopic (exact) mass is 1340 g/mol. The molecule has 13 unspecified atom stereocenters. The molecule has 0 saturated carbocycles. The first kappa shape index (κ1) is 74.6. The summed E-state index contributed by atoms with van der Waals surface area (Å²) in [5.74, 6) is -4.21. The fourth-order valence-corrected chi connectivity index (χ4v) is 12.6. The van der Waals surface area contributed by atoms with Crippen LogP contribution in [0.3, 0.4) is 0 Å². The Morgan fingerprint density at radius 2 is 0.652 bits per heavy atom. The Morgan fingerprint density at radius 1 is 0.382 bits per heavy atom. The van der Waals surface area contributed by atoms with Crippen LogP contribution in [0.15, 0.2) is 0 Å². The highest BCUT2D eigenvalue weighted by molar-refractivity contribution is 7.99. The number of ether oxygens (including phenoxy) is 14. The second kappa shape index (κ2) is 33.8. The van der Waals surface area contributed by atoms with Crippen molar-refractivity contribution < 1.29 is 183 Å². The van der Waals surface area contributed by atoms with Gasteiger partial charge in [-0.1, -0.05) is 0 Å². The third kappa shape index (κ3) is 17.5. The Bertz CT molecular complexity index is 2160. The van der Waals surface area contributed by atoms with Crippen LogP contribution in [0.4, 0.5) is 0 Å². The van der Waals surface area contributed by atoms with E-state index in [9.17, 15) is 117 Å². The first-order valence-electron chi connectivity index (χ1n) is 28.0. The lowest BCUT2D eigenvalue weighted by atomic mass is 9.95. The molecule has 0 spiro atoms. The van der Waals surface area contributed by atoms with E-state index in [4.69, 9.17) is 77.8 Å². The second-order valence-corrected chi connectivity index (χ2v) is 23.9. The third-order valence-corrected chi connectivity index (χ3v) is 17.9. The Kier molecular flexibility index (Phi) is 28.3. The number of nitrogens with two attached hydrogens (primary N) is 2. The van der Waals surface area contributed by atoms with Crippen molar-refractivity contribution in [1.29, 1.82) is 0 Å². The van der Waals surface area contributed by atoms with Gasteiger partial charge in [-0.15, -0.1) is 0 Å². The summed E-state index contributed by atoms with van der Waals surface area (Å²) in [6, 6.07) is -2.92. The molecule has 89 heavy (non-hydrogen) atoms. The predicted octanol–water partition coefficient (Wildman–Crippen LogP) is -14.7. The van der Waals surface area contributed by atoms with Crippen molar-refractivity contribution in [2.24, 2.45) is 11.5 Å². The number of thioether (sulfide) groups is 2. The molecule has 0 aliphatic carbocycles. The van der Waals surface area contributed by atoms with Gasteiger partial charge in [-0.3, -0.25) is 9.59 Å². The number of rotatable bonds is 17. The second-order valence-electron chi connectivity index (χ2n) is 21.8. The van der Waals surface area contributed by atoms with Crippen molar-refractivity contribution in [3.63, 3.8) is 0 Å². The van der Waals surface area contributed by atoms with Crippen LogP contribution in [-0.2, 0) is 75.9 Å². The lowest BCUT2D eigenvalue weighted by Gasteiger charge is -2.50. The molecule has 12 bridgehead atoms. The molecular weight excluding hydrogens is 1260 g/mol. The van der Waals surface area contributed by atoms with E-state index in [2.05, 4.69) is 0 Å². The number of fused-ring (bicyclic) bond motifs is 1. The summed E-state index contributed by atoms with van der Waals surface area (Å²) in [4.78, 5) is 23.2. The van der Waals surface area contributed by atoms with E-state index in [-0.39, 0.29) is 17.3 Å². The smallest absolute Gasteiger partial charge is 0.321 e. The average Bonchev–Trinajstić information content (AvgIpc) is 1.60. The lowest BCUT2D eigenvalue weighted by Crippen LogP contribution is -2.68. The summed E-state index contributed by atoms with van der Waals surface area (Å²) >= 11 is 1.61. The van der Waals surface area contributed by atoms with Crippen LogP contribution >= 0.6 is 23.5 Å². The summed E-state index contributed by atoms with van der Waals surface area (Å²) in [6.45, 7) is -6.79. The van der Waals surface area contributed by atoms with E-state index in [1.54, 1.807) is 0 Å². The van der Waals surface area contributed by atoms with Crippen molar-refractivity contribution in [3.8, 4) is 0 Å². The Morgan fingerprint density at radius 3 is 0.944 bits per heavy atom. The van der Waals surface area contributed by atoms with Gasteiger partial charge in [0, 0.05) is 23.0 Å². The van der Waals surface area contributed by atoms with Gasteiger partial charge >= 0.3 is 11.9 Å². The van der Waals surface area contributed by atoms with Crippen molar-refractivity contribution in [3.05, 3.63) is 0 Å². The molecule has 17 saturated heterocycles. The average molecular weight is 1340 g/mol. The lowest BCUT2D eigenvalue weighted by molar-refractivity contribution is -0.395. The molecule has 17 rings (SSSR count). The molecule has 17 aliphatic heterocycles. The van der Waals surface area contributed by atoms with Crippen LogP contribution in [-0.4, -0.2) is 403 Å². The molecule has 17 aliphatic rings. The number of hydrogen-bond acceptors (Lipinski definition) is 39. The van der Waals surface area contributed by atoms with Crippen LogP contribution in [0.5, 0.6) is 0 Å². The number of aliphatic carboxylic acids is 2. The largest absolute Gasteiger partial charge is 0.480 e. The van der Waals surface area contributed by atoms with E-state index < -0.39 is 279 Å². The zero-order valence-electron chi connectivity index (χ0n) is 46.9. The Balaban J connectivity index is 1.21. The molecular formula is C48H82N2O37S2. The molecule has 25 N–H and O–H groups in total. The zero-order valence-corrected chi connectivity index (χ0v) is 48.5. The maximum absolute atomic E-state index is 11.7. The van der Waals surface area contributed by atoms with Gasteiger partial charge in [-0.25, -0.2) is 0 Å². The summed E-state index contributed by atoms with van der Waals surface area (Å²) in [5, 5.41) is 231. The zero-order chi connectivity index (χ0) is 65.5. The molecule has 35 atom stereocenters. The summed E-state index contributed by atoms with van der Waals surface area (Å²) < 4.78 is 80.9. The molecule has 0 amide bonds. The van der Waals surface area contributed by atoms with Gasteiger partial charge in [-0.2, -0.15) is 23.5 Å². The van der Waals surface area contributed by atoms with Crippen molar-refractivity contribution in [2.45, 2.75) is 215 Å². The van der Waals surface area contributed by atoms with Gasteiger partial charge in [0.15, 0.2) is 44.0 Å². The van der Waals surface area contributed by atoms with E-state index in [0.29, 0.717) is 0 Å². The molecule has 0 aromatic heterocycles. The number of carboxylic acids is 2. The molecule has 0 aromatic carbocycles. The van der Waals surface area contributed by atoms with Crippen LogP contribution < -0.4 is 11.5 Å². The van der Waals surface area contributed by atoms with Gasteiger partial charge < -0.3 is 185 Å². The van der Waals surface area contributed by atoms with Gasteiger partial charge in [-0.05, 0) is 0 Å². The van der Waals surface area contributed by atoms with Crippen molar-refractivity contribution in [2.75, 3.05) is 69.3 Å². The first-order chi connectivity index (χ1) is 42.2. The fraction of sp³-hybridized carbons (Fsp3) is 0.958. The molecule has 0 aromatic rings. The first-order valence-corrected chi connectivity index (χ1v) is 30.3. The highest BCUT2D eigenvalue weighted by atomic mass is 32.2. The Labute approximate surface area is 512 Å². The minimum Gasteiger partial charge on any atom is -0.480 e. The normalized spacial score (nSPS) is 48.0.